The van der Waals surface area contributed by atoms with Crippen molar-refractivity contribution in [2.75, 3.05) is 32.8 Å². The number of nitrogens with one attached hydrogen (secondary N) is 8. The third-order valence-electron chi connectivity index (χ3n) is 7.91. The van der Waals surface area contributed by atoms with Gasteiger partial charge < -0.3 is 68.7 Å². The number of phenolic OH excluding ortho intramolecular Hbond substituents is 1. The number of aromatic hydroxyl groups is 1. The number of hydrogen-bond acceptors (Lipinski definition) is 13. The number of amides is 8. The van der Waals surface area contributed by atoms with Gasteiger partial charge in [0.2, 0.25) is 47.3 Å². The van der Waals surface area contributed by atoms with Crippen LogP contribution in [0.2, 0.25) is 0 Å². The molecule has 0 heterocycles. The molecule has 23 heteroatoms. The maximum Gasteiger partial charge on any atom is 0.326 e. The molecule has 0 aliphatic rings. The standard InChI is InChI=1S/C35H53N9O14/c1-17(2)9-21(36)31(53)42-22(11-29(51)52)32(54)44-30(18(3)4)34(56)40-14-27(49)38-12-25(47)37-13-26(48)39-15-28(50)41-24(16-45)33(55)43-23(35(57)58)10-19-5-7-20(46)8-6-19/h5-8,17-18,21-24,30,45-46H,9-16,36H2,1-4H3,(H,37,47)(H,38,49)(H,39,48)(H,40,56)(H,41,50)(H,42,53)(H,43,55)(H,44,54)(H,51,52)(H,57,58). The van der Waals surface area contributed by atoms with E-state index in [1.807, 2.05) is 13.8 Å². The molecule has 0 saturated carbocycles. The Bertz CT molecular complexity index is 1640. The van der Waals surface area contributed by atoms with E-state index in [0.29, 0.717) is 5.56 Å². The van der Waals surface area contributed by atoms with E-state index in [1.54, 1.807) is 13.8 Å². The van der Waals surface area contributed by atoms with Crippen LogP contribution in [-0.4, -0.2) is 143 Å². The minimum absolute atomic E-state index is 0.0421. The first kappa shape index (κ1) is 49.7. The number of aliphatic hydroxyl groups excluding tert-OH is 1. The van der Waals surface area contributed by atoms with Gasteiger partial charge in [-0.3, -0.25) is 43.2 Å². The van der Waals surface area contributed by atoms with Gasteiger partial charge in [0.25, 0.3) is 0 Å². The van der Waals surface area contributed by atoms with E-state index in [-0.39, 0.29) is 24.5 Å². The number of phenols is 1. The number of carbonyl (C=O) groups excluding carboxylic acids is 8. The summed E-state index contributed by atoms with van der Waals surface area (Å²) in [6.07, 6.45) is -0.699. The Morgan fingerprint density at radius 3 is 1.55 bits per heavy atom. The molecule has 8 amide bonds. The second-order valence-electron chi connectivity index (χ2n) is 13.7. The first-order valence-corrected chi connectivity index (χ1v) is 18.0. The monoisotopic (exact) mass is 823 g/mol. The summed E-state index contributed by atoms with van der Waals surface area (Å²) < 4.78 is 0. The van der Waals surface area contributed by atoms with Crippen LogP contribution in [0.5, 0.6) is 5.75 Å². The molecule has 0 aliphatic carbocycles. The number of aliphatic hydroxyl groups is 1. The summed E-state index contributed by atoms with van der Waals surface area (Å²) in [5, 5.41) is 55.5. The van der Waals surface area contributed by atoms with Gasteiger partial charge >= 0.3 is 11.9 Å². The zero-order valence-electron chi connectivity index (χ0n) is 32.5. The van der Waals surface area contributed by atoms with Crippen LogP contribution in [0.4, 0.5) is 0 Å². The molecule has 58 heavy (non-hydrogen) atoms. The predicted octanol–water partition coefficient (Wildman–Crippen LogP) is -5.08. The quantitative estimate of drug-likeness (QED) is 0.0439. The summed E-state index contributed by atoms with van der Waals surface area (Å²) in [6.45, 7) is 3.21. The maximum absolute atomic E-state index is 12.9. The van der Waals surface area contributed by atoms with Crippen LogP contribution in [0.1, 0.15) is 46.1 Å². The van der Waals surface area contributed by atoms with Crippen molar-refractivity contribution >= 4 is 59.2 Å². The fourth-order valence-electron chi connectivity index (χ4n) is 4.85. The molecule has 322 valence electrons. The van der Waals surface area contributed by atoms with Crippen LogP contribution in [0.3, 0.4) is 0 Å². The lowest BCUT2D eigenvalue weighted by molar-refractivity contribution is -0.142. The van der Waals surface area contributed by atoms with Crippen molar-refractivity contribution in [3.8, 4) is 5.75 Å². The minimum Gasteiger partial charge on any atom is -0.508 e. The third-order valence-corrected chi connectivity index (χ3v) is 7.91. The first-order valence-electron chi connectivity index (χ1n) is 18.0. The van der Waals surface area contributed by atoms with Crippen molar-refractivity contribution in [2.45, 2.75) is 77.2 Å². The molecule has 1 rings (SSSR count). The molecule has 0 saturated heterocycles. The number of carboxylic acid groups (broad SMARTS) is 2. The van der Waals surface area contributed by atoms with Crippen LogP contribution >= 0.6 is 0 Å². The number of rotatable bonds is 25. The van der Waals surface area contributed by atoms with E-state index >= 15 is 0 Å². The van der Waals surface area contributed by atoms with Crippen LogP contribution in [-0.2, 0) is 54.4 Å². The highest BCUT2D eigenvalue weighted by atomic mass is 16.4. The van der Waals surface area contributed by atoms with E-state index < -0.39 is 135 Å². The van der Waals surface area contributed by atoms with Crippen LogP contribution in [0.25, 0.3) is 0 Å². The molecule has 1 aromatic carbocycles. The predicted molar refractivity (Wildman–Crippen MR) is 201 cm³/mol. The van der Waals surface area contributed by atoms with Gasteiger partial charge in [-0.25, -0.2) is 4.79 Å². The molecule has 0 aliphatic heterocycles. The third kappa shape index (κ3) is 19.5. The van der Waals surface area contributed by atoms with Crippen molar-refractivity contribution in [2.24, 2.45) is 17.6 Å². The Morgan fingerprint density at radius 1 is 0.603 bits per heavy atom. The Balaban J connectivity index is 2.53. The average molecular weight is 824 g/mol. The Labute approximate surface area is 333 Å². The summed E-state index contributed by atoms with van der Waals surface area (Å²) >= 11 is 0. The van der Waals surface area contributed by atoms with Crippen LogP contribution in [0, 0.1) is 11.8 Å². The van der Waals surface area contributed by atoms with Crippen molar-refractivity contribution in [1.29, 1.82) is 0 Å². The van der Waals surface area contributed by atoms with Crippen LogP contribution in [0.15, 0.2) is 24.3 Å². The molecule has 23 nitrogen and oxygen atoms in total. The normalized spacial score (nSPS) is 13.4. The number of carboxylic acids is 2. The second-order valence-corrected chi connectivity index (χ2v) is 13.7. The molecule has 0 aromatic heterocycles. The number of carbonyl (C=O) groups is 10. The summed E-state index contributed by atoms with van der Waals surface area (Å²) in [5.74, 6) is -10.4. The van der Waals surface area contributed by atoms with E-state index in [0.717, 1.165) is 0 Å². The topological polar surface area (TPSA) is 374 Å². The second kappa shape index (κ2) is 25.0. The zero-order valence-corrected chi connectivity index (χ0v) is 32.5. The highest BCUT2D eigenvalue weighted by Crippen LogP contribution is 2.12. The van der Waals surface area contributed by atoms with E-state index in [1.165, 1.54) is 24.3 Å². The Hall–Kier alpha value is -6.36. The highest BCUT2D eigenvalue weighted by molar-refractivity contribution is 5.96. The van der Waals surface area contributed by atoms with Crippen LogP contribution < -0.4 is 48.3 Å². The molecule has 0 fully saturated rings. The number of nitrogens with two attached hydrogens (primary N) is 1. The smallest absolute Gasteiger partial charge is 0.326 e. The lowest BCUT2D eigenvalue weighted by Crippen LogP contribution is -2.58. The fraction of sp³-hybridized carbons (Fsp3) is 0.543. The largest absolute Gasteiger partial charge is 0.508 e. The molecule has 5 atom stereocenters. The van der Waals surface area contributed by atoms with Gasteiger partial charge in [-0.1, -0.05) is 39.8 Å². The van der Waals surface area contributed by atoms with Gasteiger partial charge in [0.15, 0.2) is 0 Å². The number of hydrogen-bond donors (Lipinski definition) is 13. The van der Waals surface area contributed by atoms with E-state index in [9.17, 15) is 68.4 Å². The summed E-state index contributed by atoms with van der Waals surface area (Å²) in [7, 11) is 0. The molecular formula is C35H53N9O14. The summed E-state index contributed by atoms with van der Waals surface area (Å²) in [4.78, 5) is 123. The van der Waals surface area contributed by atoms with Gasteiger partial charge in [-0.05, 0) is 36.0 Å². The number of aliphatic carboxylic acids is 2. The fourth-order valence-corrected chi connectivity index (χ4v) is 4.85. The zero-order chi connectivity index (χ0) is 44.1. The highest BCUT2D eigenvalue weighted by Gasteiger charge is 2.32. The van der Waals surface area contributed by atoms with Gasteiger partial charge in [0.05, 0.1) is 45.2 Å². The molecule has 0 spiro atoms. The van der Waals surface area contributed by atoms with Crippen molar-refractivity contribution in [3.63, 3.8) is 0 Å². The van der Waals surface area contributed by atoms with Crippen molar-refractivity contribution in [1.82, 2.24) is 42.5 Å². The van der Waals surface area contributed by atoms with Gasteiger partial charge in [-0.2, -0.15) is 0 Å². The van der Waals surface area contributed by atoms with Crippen molar-refractivity contribution in [3.05, 3.63) is 29.8 Å². The minimum atomic E-state index is -1.58. The summed E-state index contributed by atoms with van der Waals surface area (Å²) in [5.41, 5.74) is 6.30. The molecule has 1 aromatic rings. The van der Waals surface area contributed by atoms with Gasteiger partial charge in [-0.15, -0.1) is 0 Å². The molecular weight excluding hydrogens is 770 g/mol. The first-order chi connectivity index (χ1) is 27.1. The SMILES string of the molecule is CC(C)CC(N)C(=O)NC(CC(=O)O)C(=O)NC(C(=O)NCC(=O)NCC(=O)NCC(=O)NCC(=O)NC(CO)C(=O)NC(Cc1ccc(O)cc1)C(=O)O)C(C)C. The maximum atomic E-state index is 12.9. The summed E-state index contributed by atoms with van der Waals surface area (Å²) in [6, 6.07) is -1.30. The molecule has 5 unspecified atom stereocenters. The van der Waals surface area contributed by atoms with Gasteiger partial charge in [0.1, 0.15) is 29.9 Å². The Kier molecular flexibility index (Phi) is 21.4. The molecule has 14 N–H and O–H groups in total. The van der Waals surface area contributed by atoms with Gasteiger partial charge in [0, 0.05) is 6.42 Å². The average Bonchev–Trinajstić information content (AvgIpc) is 3.14. The van der Waals surface area contributed by atoms with E-state index in [4.69, 9.17) is 5.73 Å². The number of benzene rings is 1. The lowest BCUT2D eigenvalue weighted by atomic mass is 10.0. The molecule has 0 radical (unpaired) electrons. The lowest BCUT2D eigenvalue weighted by Gasteiger charge is -2.25. The van der Waals surface area contributed by atoms with Crippen molar-refractivity contribution < 1.29 is 68.4 Å². The van der Waals surface area contributed by atoms with E-state index in [2.05, 4.69) is 42.5 Å². The molecule has 0 bridgehead atoms. The Morgan fingerprint density at radius 2 is 1.09 bits per heavy atom.